The summed E-state index contributed by atoms with van der Waals surface area (Å²) in [5.41, 5.74) is 0. The van der Waals surface area contributed by atoms with E-state index in [0.29, 0.717) is 17.5 Å². The number of thiophene rings is 1. The molecule has 0 aliphatic carbocycles. The lowest BCUT2D eigenvalue weighted by Crippen LogP contribution is -2.47. The molecule has 0 radical (unpaired) electrons. The zero-order valence-corrected chi connectivity index (χ0v) is 16.4. The van der Waals surface area contributed by atoms with Crippen LogP contribution in [-0.2, 0) is 9.53 Å². The SMILES string of the molecule is COC1CCN(CCNC(=O)[C@H](C)NC(=O)c2ccc(Br)s2)CC1. The van der Waals surface area contributed by atoms with Crippen LogP contribution < -0.4 is 10.6 Å². The van der Waals surface area contributed by atoms with Crippen molar-refractivity contribution in [1.29, 1.82) is 0 Å². The zero-order chi connectivity index (χ0) is 17.5. The Morgan fingerprint density at radius 1 is 1.42 bits per heavy atom. The first kappa shape index (κ1) is 19.4. The smallest absolute Gasteiger partial charge is 0.262 e. The number of hydrogen-bond acceptors (Lipinski definition) is 5. The number of methoxy groups -OCH3 is 1. The fourth-order valence-electron chi connectivity index (χ4n) is 2.63. The van der Waals surface area contributed by atoms with Crippen LogP contribution in [0.1, 0.15) is 29.4 Å². The normalized spacial score (nSPS) is 17.5. The lowest BCUT2D eigenvalue weighted by molar-refractivity contribution is -0.122. The predicted octanol–water partition coefficient (Wildman–Crippen LogP) is 1.86. The lowest BCUT2D eigenvalue weighted by Gasteiger charge is -2.31. The molecule has 2 heterocycles. The van der Waals surface area contributed by atoms with Crippen LogP contribution in [0, 0.1) is 0 Å². The quantitative estimate of drug-likeness (QED) is 0.709. The molecule has 2 N–H and O–H groups in total. The molecule has 2 rings (SSSR count). The van der Waals surface area contributed by atoms with E-state index in [9.17, 15) is 9.59 Å². The van der Waals surface area contributed by atoms with Gasteiger partial charge in [0.05, 0.1) is 14.8 Å². The Hall–Kier alpha value is -0.960. The molecule has 2 amide bonds. The standard InChI is InChI=1S/C16H24BrN3O3S/c1-11(19-16(22)13-3-4-14(17)24-13)15(21)18-7-10-20-8-5-12(23-2)6-9-20/h3-4,11-12H,5-10H2,1-2H3,(H,18,21)(H,19,22)/t11-/m0/s1. The third-order valence-electron chi connectivity index (χ3n) is 4.13. The second kappa shape index (κ2) is 9.50. The van der Waals surface area contributed by atoms with E-state index in [1.807, 2.05) is 6.07 Å². The van der Waals surface area contributed by atoms with Gasteiger partial charge in [-0.2, -0.15) is 0 Å². The van der Waals surface area contributed by atoms with Crippen LogP contribution in [0.5, 0.6) is 0 Å². The van der Waals surface area contributed by atoms with Gasteiger partial charge in [-0.1, -0.05) is 0 Å². The molecule has 0 saturated carbocycles. The molecule has 0 spiro atoms. The van der Waals surface area contributed by atoms with Gasteiger partial charge in [0.2, 0.25) is 5.91 Å². The summed E-state index contributed by atoms with van der Waals surface area (Å²) < 4.78 is 6.24. The number of piperidine rings is 1. The molecule has 6 nitrogen and oxygen atoms in total. The summed E-state index contributed by atoms with van der Waals surface area (Å²) >= 11 is 4.67. The molecule has 8 heteroatoms. The van der Waals surface area contributed by atoms with Crippen molar-refractivity contribution in [3.8, 4) is 0 Å². The van der Waals surface area contributed by atoms with Crippen molar-refractivity contribution in [2.45, 2.75) is 31.9 Å². The van der Waals surface area contributed by atoms with Gasteiger partial charge in [-0.15, -0.1) is 11.3 Å². The average molecular weight is 418 g/mol. The molecule has 0 bridgehead atoms. The number of nitrogens with one attached hydrogen (secondary N) is 2. The van der Waals surface area contributed by atoms with Crippen molar-refractivity contribution in [3.05, 3.63) is 20.8 Å². The fourth-order valence-corrected chi connectivity index (χ4v) is 3.92. The minimum atomic E-state index is -0.558. The van der Waals surface area contributed by atoms with Crippen molar-refractivity contribution in [3.63, 3.8) is 0 Å². The maximum absolute atomic E-state index is 12.1. The highest BCUT2D eigenvalue weighted by atomic mass is 79.9. The van der Waals surface area contributed by atoms with Crippen molar-refractivity contribution < 1.29 is 14.3 Å². The number of carbonyl (C=O) groups is 2. The van der Waals surface area contributed by atoms with Gasteiger partial charge in [0.1, 0.15) is 6.04 Å². The molecule has 0 aromatic carbocycles. The number of hydrogen-bond donors (Lipinski definition) is 2. The minimum absolute atomic E-state index is 0.161. The second-order valence-electron chi connectivity index (χ2n) is 5.87. The number of carbonyl (C=O) groups excluding carboxylic acids is 2. The molecule has 1 aromatic heterocycles. The van der Waals surface area contributed by atoms with Crippen LogP contribution in [-0.4, -0.2) is 62.1 Å². The highest BCUT2D eigenvalue weighted by Gasteiger charge is 2.20. The highest BCUT2D eigenvalue weighted by molar-refractivity contribution is 9.11. The molecule has 1 atom stereocenters. The molecule has 1 aliphatic rings. The summed E-state index contributed by atoms with van der Waals surface area (Å²) in [5, 5.41) is 5.60. The van der Waals surface area contributed by atoms with Gasteiger partial charge in [0, 0.05) is 33.3 Å². The van der Waals surface area contributed by atoms with Crippen LogP contribution >= 0.6 is 27.3 Å². The van der Waals surface area contributed by atoms with E-state index in [-0.39, 0.29) is 11.8 Å². The molecule has 1 fully saturated rings. The van der Waals surface area contributed by atoms with E-state index in [2.05, 4.69) is 31.5 Å². The van der Waals surface area contributed by atoms with Crippen LogP contribution in [0.25, 0.3) is 0 Å². The summed E-state index contributed by atoms with van der Waals surface area (Å²) in [5.74, 6) is -0.388. The number of halogens is 1. The Kier molecular flexibility index (Phi) is 7.67. The largest absolute Gasteiger partial charge is 0.381 e. The number of nitrogens with zero attached hydrogens (tertiary/aromatic N) is 1. The summed E-state index contributed by atoms with van der Waals surface area (Å²) in [6, 6.07) is 2.99. The molecule has 24 heavy (non-hydrogen) atoms. The average Bonchev–Trinajstić information content (AvgIpc) is 3.02. The van der Waals surface area contributed by atoms with Crippen LogP contribution in [0.15, 0.2) is 15.9 Å². The number of likely N-dealkylation sites (tertiary alicyclic amines) is 1. The van der Waals surface area contributed by atoms with E-state index in [4.69, 9.17) is 4.74 Å². The summed E-state index contributed by atoms with van der Waals surface area (Å²) in [4.78, 5) is 27.0. The fraction of sp³-hybridized carbons (Fsp3) is 0.625. The zero-order valence-electron chi connectivity index (χ0n) is 14.0. The van der Waals surface area contributed by atoms with E-state index in [1.165, 1.54) is 11.3 Å². The number of ether oxygens (including phenoxy) is 1. The molecule has 1 aromatic rings. The van der Waals surface area contributed by atoms with Gasteiger partial charge in [-0.05, 0) is 47.8 Å². The Bertz CT molecular complexity index is 559. The molecule has 134 valence electrons. The van der Waals surface area contributed by atoms with Crippen LogP contribution in [0.3, 0.4) is 0 Å². The summed E-state index contributed by atoms with van der Waals surface area (Å²) in [6.45, 7) is 5.09. The molecular weight excluding hydrogens is 394 g/mol. The van der Waals surface area contributed by atoms with Crippen LogP contribution in [0.2, 0.25) is 0 Å². The molecule has 1 saturated heterocycles. The summed E-state index contributed by atoms with van der Waals surface area (Å²) in [6.07, 6.45) is 2.43. The molecule has 0 unspecified atom stereocenters. The number of amides is 2. The third-order valence-corrected chi connectivity index (χ3v) is 5.76. The van der Waals surface area contributed by atoms with Crippen molar-refractivity contribution in [2.24, 2.45) is 0 Å². The Labute approximate surface area is 155 Å². The Balaban J connectivity index is 1.66. The van der Waals surface area contributed by atoms with Gasteiger partial charge in [-0.3, -0.25) is 9.59 Å². The predicted molar refractivity (Wildman–Crippen MR) is 98.4 cm³/mol. The maximum atomic E-state index is 12.1. The van der Waals surface area contributed by atoms with Gasteiger partial charge in [0.15, 0.2) is 0 Å². The Morgan fingerprint density at radius 2 is 2.12 bits per heavy atom. The Morgan fingerprint density at radius 3 is 2.71 bits per heavy atom. The first-order chi connectivity index (χ1) is 11.5. The molecule has 1 aliphatic heterocycles. The van der Waals surface area contributed by atoms with Crippen molar-refractivity contribution in [1.82, 2.24) is 15.5 Å². The van der Waals surface area contributed by atoms with E-state index < -0.39 is 6.04 Å². The third kappa shape index (κ3) is 5.84. The second-order valence-corrected chi connectivity index (χ2v) is 8.33. The minimum Gasteiger partial charge on any atom is -0.381 e. The van der Waals surface area contributed by atoms with Crippen molar-refractivity contribution in [2.75, 3.05) is 33.3 Å². The topological polar surface area (TPSA) is 70.7 Å². The highest BCUT2D eigenvalue weighted by Crippen LogP contribution is 2.21. The van der Waals surface area contributed by atoms with Crippen molar-refractivity contribution >= 4 is 39.1 Å². The van der Waals surface area contributed by atoms with E-state index in [0.717, 1.165) is 36.3 Å². The first-order valence-electron chi connectivity index (χ1n) is 8.08. The van der Waals surface area contributed by atoms with Gasteiger partial charge in [-0.25, -0.2) is 0 Å². The summed E-state index contributed by atoms with van der Waals surface area (Å²) in [7, 11) is 1.76. The van der Waals surface area contributed by atoms with Crippen LogP contribution in [0.4, 0.5) is 0 Å². The lowest BCUT2D eigenvalue weighted by atomic mass is 10.1. The van der Waals surface area contributed by atoms with E-state index >= 15 is 0 Å². The van der Waals surface area contributed by atoms with Gasteiger partial charge >= 0.3 is 0 Å². The first-order valence-corrected chi connectivity index (χ1v) is 9.69. The maximum Gasteiger partial charge on any atom is 0.262 e. The van der Waals surface area contributed by atoms with Gasteiger partial charge < -0.3 is 20.3 Å². The van der Waals surface area contributed by atoms with Gasteiger partial charge in [0.25, 0.3) is 5.91 Å². The number of rotatable bonds is 7. The molecular formula is C16H24BrN3O3S. The monoisotopic (exact) mass is 417 g/mol. The van der Waals surface area contributed by atoms with E-state index in [1.54, 1.807) is 20.1 Å².